The van der Waals surface area contributed by atoms with Crippen molar-refractivity contribution in [1.29, 1.82) is 0 Å². The number of hydrogen-bond acceptors (Lipinski definition) is 10. The van der Waals surface area contributed by atoms with E-state index in [4.69, 9.17) is 28.4 Å². The Hall–Kier alpha value is -2.41. The van der Waals surface area contributed by atoms with Gasteiger partial charge in [-0.3, -0.25) is 19.2 Å². The summed E-state index contributed by atoms with van der Waals surface area (Å²) in [4.78, 5) is 46.0. The first-order chi connectivity index (χ1) is 14.3. The molecule has 1 rings (SSSR count). The summed E-state index contributed by atoms with van der Waals surface area (Å²) >= 11 is 0. The molecule has 5 atom stereocenters. The monoisotopic (exact) mass is 458 g/mol. The summed E-state index contributed by atoms with van der Waals surface area (Å²) in [7, 11) is 0. The number of alkyl halides is 3. The second-order valence-electron chi connectivity index (χ2n) is 6.66. The highest BCUT2D eigenvalue weighted by Crippen LogP contribution is 2.30. The zero-order valence-electron chi connectivity index (χ0n) is 17.4. The number of rotatable bonds is 9. The molecule has 0 bridgehead atoms. The molecule has 31 heavy (non-hydrogen) atoms. The third-order valence-corrected chi connectivity index (χ3v) is 3.83. The zero-order valence-corrected chi connectivity index (χ0v) is 17.4. The Morgan fingerprint density at radius 3 is 1.81 bits per heavy atom. The third kappa shape index (κ3) is 9.96. The highest BCUT2D eigenvalue weighted by molar-refractivity contribution is 5.68. The molecular weight excluding hydrogens is 433 g/mol. The van der Waals surface area contributed by atoms with Crippen molar-refractivity contribution in [3.63, 3.8) is 0 Å². The van der Waals surface area contributed by atoms with E-state index in [0.29, 0.717) is 0 Å². The Morgan fingerprint density at radius 2 is 1.32 bits per heavy atom. The summed E-state index contributed by atoms with van der Waals surface area (Å²) in [5.41, 5.74) is 0. The smallest absolute Gasteiger partial charge is 0.389 e. The van der Waals surface area contributed by atoms with Crippen LogP contribution in [-0.2, 0) is 47.6 Å². The van der Waals surface area contributed by atoms with Crippen LogP contribution in [0.3, 0.4) is 0 Å². The highest BCUT2D eigenvalue weighted by atomic mass is 19.4. The van der Waals surface area contributed by atoms with Gasteiger partial charge in [-0.15, -0.1) is 0 Å². The number of hydrogen-bond donors (Lipinski definition) is 0. The number of carbonyl (C=O) groups excluding carboxylic acids is 4. The number of esters is 4. The van der Waals surface area contributed by atoms with Crippen LogP contribution in [0.1, 0.15) is 40.5 Å². The summed E-state index contributed by atoms with van der Waals surface area (Å²) in [5.74, 6) is -3.17. The van der Waals surface area contributed by atoms with Crippen LogP contribution in [0.2, 0.25) is 0 Å². The molecule has 1 saturated heterocycles. The summed E-state index contributed by atoms with van der Waals surface area (Å²) in [5, 5.41) is 0. The summed E-state index contributed by atoms with van der Waals surface area (Å²) in [6.45, 7) is 3.37. The van der Waals surface area contributed by atoms with Gasteiger partial charge in [-0.05, 0) is 6.42 Å². The lowest BCUT2D eigenvalue weighted by molar-refractivity contribution is -0.308. The van der Waals surface area contributed by atoms with Gasteiger partial charge in [-0.25, -0.2) is 0 Å². The van der Waals surface area contributed by atoms with Crippen LogP contribution in [0.4, 0.5) is 13.2 Å². The Bertz CT molecular complexity index is 651. The van der Waals surface area contributed by atoms with Gasteiger partial charge >= 0.3 is 30.1 Å². The molecule has 0 amide bonds. The Labute approximate surface area is 176 Å². The van der Waals surface area contributed by atoms with E-state index in [1.807, 2.05) is 0 Å². The van der Waals surface area contributed by atoms with Gasteiger partial charge in [-0.1, -0.05) is 0 Å². The molecule has 1 aliphatic rings. The van der Waals surface area contributed by atoms with Gasteiger partial charge in [0.15, 0.2) is 24.6 Å². The molecule has 0 saturated carbocycles. The zero-order chi connectivity index (χ0) is 23.8. The summed E-state index contributed by atoms with van der Waals surface area (Å²) < 4.78 is 68.3. The molecule has 0 aromatic heterocycles. The molecule has 0 radical (unpaired) electrons. The van der Waals surface area contributed by atoms with Crippen LogP contribution >= 0.6 is 0 Å². The van der Waals surface area contributed by atoms with Crippen molar-refractivity contribution < 1.29 is 60.8 Å². The highest BCUT2D eigenvalue weighted by Gasteiger charge is 2.52. The quantitative estimate of drug-likeness (QED) is 0.285. The maximum Gasteiger partial charge on any atom is 0.389 e. The van der Waals surface area contributed by atoms with Crippen molar-refractivity contribution in [3.05, 3.63) is 0 Å². The van der Waals surface area contributed by atoms with E-state index in [-0.39, 0.29) is 0 Å². The fourth-order valence-electron chi connectivity index (χ4n) is 2.79. The van der Waals surface area contributed by atoms with Crippen molar-refractivity contribution in [1.82, 2.24) is 0 Å². The van der Waals surface area contributed by atoms with Crippen LogP contribution in [-0.4, -0.2) is 74.0 Å². The average molecular weight is 458 g/mol. The van der Waals surface area contributed by atoms with E-state index in [0.717, 1.165) is 27.7 Å². The maximum atomic E-state index is 12.4. The van der Waals surface area contributed by atoms with E-state index in [2.05, 4.69) is 0 Å². The van der Waals surface area contributed by atoms with Crippen LogP contribution in [0, 0.1) is 0 Å². The van der Waals surface area contributed by atoms with Gasteiger partial charge in [0, 0.05) is 34.1 Å². The molecule has 1 fully saturated rings. The van der Waals surface area contributed by atoms with Gasteiger partial charge in [0.2, 0.25) is 0 Å². The third-order valence-electron chi connectivity index (χ3n) is 3.83. The lowest BCUT2D eigenvalue weighted by Crippen LogP contribution is -2.63. The van der Waals surface area contributed by atoms with E-state index < -0.39 is 86.8 Å². The minimum Gasteiger partial charge on any atom is -0.463 e. The van der Waals surface area contributed by atoms with Crippen LogP contribution in [0.5, 0.6) is 0 Å². The molecule has 1 heterocycles. The lowest BCUT2D eigenvalue weighted by Gasteiger charge is -2.44. The average Bonchev–Trinajstić information content (AvgIpc) is 2.59. The van der Waals surface area contributed by atoms with Crippen molar-refractivity contribution in [2.24, 2.45) is 0 Å². The molecule has 0 aromatic carbocycles. The molecule has 10 nitrogen and oxygen atoms in total. The number of ether oxygens (including phenoxy) is 6. The number of halogens is 3. The van der Waals surface area contributed by atoms with Gasteiger partial charge < -0.3 is 28.4 Å². The molecule has 0 spiro atoms. The molecule has 178 valence electrons. The summed E-state index contributed by atoms with van der Waals surface area (Å²) in [6, 6.07) is 0. The minimum absolute atomic E-state index is 0.420. The Morgan fingerprint density at radius 1 is 0.806 bits per heavy atom. The molecule has 0 aromatic rings. The van der Waals surface area contributed by atoms with E-state index in [1.54, 1.807) is 0 Å². The maximum absolute atomic E-state index is 12.4. The predicted molar refractivity (Wildman–Crippen MR) is 93.2 cm³/mol. The fraction of sp³-hybridized carbons (Fsp3) is 0.778. The standard InChI is InChI=1S/C18H25F3O10/c1-9(22)27-8-13-14(28-10(2)23)15(29-11(3)24)16(30-12(4)25)17(31-13)26-7-5-6-18(19,20)21/h13-17H,5-8H2,1-4H3/t13-,14-,15+,16-,17+/m1/s1. The molecule has 13 heteroatoms. The first-order valence-electron chi connectivity index (χ1n) is 9.29. The molecule has 0 aliphatic carbocycles. The fourth-order valence-corrected chi connectivity index (χ4v) is 2.79. The molecule has 1 aliphatic heterocycles. The van der Waals surface area contributed by atoms with Crippen molar-refractivity contribution in [2.45, 2.75) is 77.4 Å². The van der Waals surface area contributed by atoms with Gasteiger partial charge in [-0.2, -0.15) is 13.2 Å². The van der Waals surface area contributed by atoms with Crippen molar-refractivity contribution >= 4 is 23.9 Å². The number of carbonyl (C=O) groups is 4. The Kier molecular flexibility index (Phi) is 10.2. The Balaban J connectivity index is 3.15. The molecule has 0 N–H and O–H groups in total. The van der Waals surface area contributed by atoms with Gasteiger partial charge in [0.1, 0.15) is 12.7 Å². The van der Waals surface area contributed by atoms with Gasteiger partial charge in [0.25, 0.3) is 0 Å². The van der Waals surface area contributed by atoms with Gasteiger partial charge in [0.05, 0.1) is 6.61 Å². The molecule has 0 unspecified atom stereocenters. The largest absolute Gasteiger partial charge is 0.463 e. The van der Waals surface area contributed by atoms with E-state index in [1.165, 1.54) is 0 Å². The van der Waals surface area contributed by atoms with E-state index >= 15 is 0 Å². The SMILES string of the molecule is CC(=O)OC[C@H]1O[C@H](OCCCC(F)(F)F)[C@H](OC(C)=O)[C@@H](OC(C)=O)[C@@H]1OC(C)=O. The minimum atomic E-state index is -4.40. The lowest BCUT2D eigenvalue weighted by atomic mass is 9.98. The first-order valence-corrected chi connectivity index (χ1v) is 9.29. The first kappa shape index (κ1) is 26.6. The second kappa shape index (κ2) is 11.8. The van der Waals surface area contributed by atoms with E-state index in [9.17, 15) is 32.3 Å². The van der Waals surface area contributed by atoms with Crippen LogP contribution in [0.25, 0.3) is 0 Å². The predicted octanol–water partition coefficient (Wildman–Crippen LogP) is 1.43. The van der Waals surface area contributed by atoms with Crippen LogP contribution < -0.4 is 0 Å². The van der Waals surface area contributed by atoms with Crippen molar-refractivity contribution in [2.75, 3.05) is 13.2 Å². The normalized spacial score (nSPS) is 26.0. The topological polar surface area (TPSA) is 124 Å². The second-order valence-corrected chi connectivity index (χ2v) is 6.66. The summed E-state index contributed by atoms with van der Waals surface area (Å²) in [6.07, 6.45) is -12.9. The molecular formula is C18H25F3O10. The van der Waals surface area contributed by atoms with Crippen molar-refractivity contribution in [3.8, 4) is 0 Å². The van der Waals surface area contributed by atoms with Crippen LogP contribution in [0.15, 0.2) is 0 Å².